The Morgan fingerprint density at radius 1 is 1.30 bits per heavy atom. The predicted octanol–water partition coefficient (Wildman–Crippen LogP) is 3.35. The molecule has 2 aliphatic rings. The Morgan fingerprint density at radius 2 is 2.10 bits per heavy atom. The van der Waals surface area contributed by atoms with E-state index in [1.54, 1.807) is 0 Å². The molecule has 2 N–H and O–H groups in total. The molecule has 0 saturated heterocycles. The quantitative estimate of drug-likeness (QED) is 0.886. The van der Waals surface area contributed by atoms with Crippen molar-refractivity contribution in [1.82, 2.24) is 5.32 Å². The van der Waals surface area contributed by atoms with Crippen LogP contribution < -0.4 is 10.6 Å². The third-order valence-electron chi connectivity index (χ3n) is 4.80. The lowest BCUT2D eigenvalue weighted by molar-refractivity contribution is 0.0919. The Morgan fingerprint density at radius 3 is 2.90 bits per heavy atom. The molecule has 1 aromatic rings. The minimum Gasteiger partial charge on any atom is -0.384 e. The van der Waals surface area contributed by atoms with E-state index in [1.807, 2.05) is 12.1 Å². The number of carbonyl (C=O) groups excluding carboxylic acids is 1. The van der Waals surface area contributed by atoms with Gasteiger partial charge in [0.05, 0.1) is 0 Å². The van der Waals surface area contributed by atoms with Crippen LogP contribution in [-0.4, -0.2) is 18.5 Å². The fraction of sp³-hybridized carbons (Fsp3) is 0.588. The van der Waals surface area contributed by atoms with Crippen LogP contribution in [0.1, 0.15) is 54.9 Å². The third kappa shape index (κ3) is 2.82. The van der Waals surface area contributed by atoms with Crippen LogP contribution in [0, 0.1) is 5.92 Å². The fourth-order valence-electron chi connectivity index (χ4n) is 3.47. The van der Waals surface area contributed by atoms with E-state index in [2.05, 4.69) is 23.6 Å². The van der Waals surface area contributed by atoms with Gasteiger partial charge in [-0.25, -0.2) is 0 Å². The number of amides is 1. The van der Waals surface area contributed by atoms with E-state index in [-0.39, 0.29) is 11.9 Å². The summed E-state index contributed by atoms with van der Waals surface area (Å²) in [5.41, 5.74) is 3.23. The summed E-state index contributed by atoms with van der Waals surface area (Å²) in [6.07, 6.45) is 7.56. The Bertz CT molecular complexity index is 492. The summed E-state index contributed by atoms with van der Waals surface area (Å²) in [4.78, 5) is 12.4. The van der Waals surface area contributed by atoms with Crippen molar-refractivity contribution in [2.24, 2.45) is 5.92 Å². The summed E-state index contributed by atoms with van der Waals surface area (Å²) in [7, 11) is 0. The molecule has 0 aromatic heterocycles. The Balaban J connectivity index is 1.63. The Kier molecular flexibility index (Phi) is 3.95. The first-order valence-corrected chi connectivity index (χ1v) is 7.92. The molecule has 1 amide bonds. The lowest BCUT2D eigenvalue weighted by atomic mass is 9.84. The second kappa shape index (κ2) is 5.86. The van der Waals surface area contributed by atoms with Crippen LogP contribution >= 0.6 is 0 Å². The topological polar surface area (TPSA) is 41.1 Å². The van der Waals surface area contributed by atoms with Crippen molar-refractivity contribution in [3.8, 4) is 0 Å². The number of hydrogen-bond acceptors (Lipinski definition) is 2. The van der Waals surface area contributed by atoms with Gasteiger partial charge in [-0.2, -0.15) is 0 Å². The third-order valence-corrected chi connectivity index (χ3v) is 4.80. The molecule has 1 atom stereocenters. The summed E-state index contributed by atoms with van der Waals surface area (Å²) >= 11 is 0. The number of anilines is 1. The van der Waals surface area contributed by atoms with Crippen LogP contribution in [0.5, 0.6) is 0 Å². The molecule has 108 valence electrons. The lowest BCUT2D eigenvalue weighted by Gasteiger charge is -2.28. The summed E-state index contributed by atoms with van der Waals surface area (Å²) in [6, 6.07) is 6.30. The van der Waals surface area contributed by atoms with E-state index in [4.69, 9.17) is 0 Å². The Labute approximate surface area is 121 Å². The van der Waals surface area contributed by atoms with Gasteiger partial charge in [0.1, 0.15) is 0 Å². The zero-order valence-corrected chi connectivity index (χ0v) is 12.2. The van der Waals surface area contributed by atoms with Gasteiger partial charge in [0.2, 0.25) is 0 Å². The molecule has 0 unspecified atom stereocenters. The number of hydrogen-bond donors (Lipinski definition) is 2. The van der Waals surface area contributed by atoms with Gasteiger partial charge in [-0.1, -0.05) is 25.3 Å². The molecular weight excluding hydrogens is 248 g/mol. The van der Waals surface area contributed by atoms with Crippen molar-refractivity contribution in [2.45, 2.75) is 51.5 Å². The van der Waals surface area contributed by atoms with Crippen LogP contribution in [0.15, 0.2) is 18.2 Å². The van der Waals surface area contributed by atoms with E-state index >= 15 is 0 Å². The van der Waals surface area contributed by atoms with E-state index < -0.39 is 0 Å². The molecule has 3 nitrogen and oxygen atoms in total. The van der Waals surface area contributed by atoms with Crippen LogP contribution in [0.2, 0.25) is 0 Å². The van der Waals surface area contributed by atoms with Crippen molar-refractivity contribution in [1.29, 1.82) is 0 Å². The molecule has 1 heterocycles. The van der Waals surface area contributed by atoms with Crippen molar-refractivity contribution in [2.75, 3.05) is 11.9 Å². The Hall–Kier alpha value is -1.51. The summed E-state index contributed by atoms with van der Waals surface area (Å²) in [5, 5.41) is 6.52. The average molecular weight is 272 g/mol. The maximum absolute atomic E-state index is 12.4. The van der Waals surface area contributed by atoms with Crippen LogP contribution in [0.25, 0.3) is 0 Å². The van der Waals surface area contributed by atoms with Gasteiger partial charge in [0.25, 0.3) is 5.91 Å². The number of carbonyl (C=O) groups is 1. The van der Waals surface area contributed by atoms with Gasteiger partial charge < -0.3 is 10.6 Å². The number of rotatable bonds is 3. The van der Waals surface area contributed by atoms with Gasteiger partial charge in [-0.15, -0.1) is 0 Å². The van der Waals surface area contributed by atoms with Crippen molar-refractivity contribution >= 4 is 11.6 Å². The normalized spacial score (nSPS) is 20.1. The molecule has 20 heavy (non-hydrogen) atoms. The van der Waals surface area contributed by atoms with Gasteiger partial charge in [0, 0.05) is 23.8 Å². The van der Waals surface area contributed by atoms with E-state index in [9.17, 15) is 4.79 Å². The monoisotopic (exact) mass is 272 g/mol. The smallest absolute Gasteiger partial charge is 0.251 e. The highest BCUT2D eigenvalue weighted by molar-refractivity contribution is 5.95. The van der Waals surface area contributed by atoms with Gasteiger partial charge in [0.15, 0.2) is 0 Å². The molecule has 0 spiro atoms. The van der Waals surface area contributed by atoms with E-state index in [0.717, 1.165) is 24.2 Å². The van der Waals surface area contributed by atoms with Gasteiger partial charge in [-0.05, 0) is 49.8 Å². The van der Waals surface area contributed by atoms with Crippen LogP contribution in [0.4, 0.5) is 5.69 Å². The second-order valence-corrected chi connectivity index (χ2v) is 6.21. The number of fused-ring (bicyclic) bond motifs is 1. The second-order valence-electron chi connectivity index (χ2n) is 6.21. The molecule has 1 aliphatic carbocycles. The van der Waals surface area contributed by atoms with Crippen LogP contribution in [-0.2, 0) is 6.42 Å². The molecular formula is C17H24N2O. The minimum atomic E-state index is 0.0690. The van der Waals surface area contributed by atoms with E-state index in [1.165, 1.54) is 37.7 Å². The predicted molar refractivity (Wildman–Crippen MR) is 82.1 cm³/mol. The summed E-state index contributed by atoms with van der Waals surface area (Å²) < 4.78 is 0. The molecule has 1 fully saturated rings. The zero-order chi connectivity index (χ0) is 13.9. The maximum Gasteiger partial charge on any atom is 0.251 e. The van der Waals surface area contributed by atoms with Crippen molar-refractivity contribution < 1.29 is 4.79 Å². The molecule has 0 radical (unpaired) electrons. The standard InChI is InChI=1S/C17H24N2O/c1-12(13-5-3-2-4-6-13)19-17(20)15-8-7-14-9-10-18-16(14)11-15/h7-8,11-13,18H,2-6,9-10H2,1H3,(H,19,20)/t12-/m1/s1. The molecule has 3 heteroatoms. The van der Waals surface area contributed by atoms with Crippen LogP contribution in [0.3, 0.4) is 0 Å². The first-order chi connectivity index (χ1) is 9.74. The van der Waals surface area contributed by atoms with Gasteiger partial charge >= 0.3 is 0 Å². The largest absolute Gasteiger partial charge is 0.384 e. The molecule has 3 rings (SSSR count). The first-order valence-electron chi connectivity index (χ1n) is 7.92. The fourth-order valence-corrected chi connectivity index (χ4v) is 3.47. The molecule has 1 saturated carbocycles. The van der Waals surface area contributed by atoms with Gasteiger partial charge in [-0.3, -0.25) is 4.79 Å². The molecule has 1 aromatic carbocycles. The average Bonchev–Trinajstić information content (AvgIpc) is 2.95. The van der Waals surface area contributed by atoms with Crippen molar-refractivity contribution in [3.05, 3.63) is 29.3 Å². The first kappa shape index (κ1) is 13.5. The highest BCUT2D eigenvalue weighted by Gasteiger charge is 2.22. The van der Waals surface area contributed by atoms with Crippen molar-refractivity contribution in [3.63, 3.8) is 0 Å². The number of nitrogens with one attached hydrogen (secondary N) is 2. The molecule has 1 aliphatic heterocycles. The number of benzene rings is 1. The van der Waals surface area contributed by atoms with E-state index in [0.29, 0.717) is 5.92 Å². The minimum absolute atomic E-state index is 0.0690. The highest BCUT2D eigenvalue weighted by atomic mass is 16.1. The summed E-state index contributed by atoms with van der Waals surface area (Å²) in [6.45, 7) is 3.14. The lowest BCUT2D eigenvalue weighted by Crippen LogP contribution is -2.38. The molecule has 0 bridgehead atoms. The summed E-state index contributed by atoms with van der Waals surface area (Å²) in [5.74, 6) is 0.722. The maximum atomic E-state index is 12.4. The highest BCUT2D eigenvalue weighted by Crippen LogP contribution is 2.27. The SMILES string of the molecule is C[C@@H](NC(=O)c1ccc2c(c1)NCC2)C1CCCCC1. The zero-order valence-electron chi connectivity index (χ0n) is 12.2.